The molecule has 138 valence electrons. The van der Waals surface area contributed by atoms with E-state index in [0.717, 1.165) is 12.1 Å². The van der Waals surface area contributed by atoms with E-state index in [0.29, 0.717) is 4.90 Å². The molecule has 2 amide bonds. The molecule has 0 aliphatic carbocycles. The van der Waals surface area contributed by atoms with Crippen LogP contribution in [0.3, 0.4) is 0 Å². The Morgan fingerprint density at radius 2 is 1.48 bits per heavy atom. The van der Waals surface area contributed by atoms with Crippen LogP contribution in [0.25, 0.3) is 0 Å². The van der Waals surface area contributed by atoms with Crippen LogP contribution in [0.2, 0.25) is 5.02 Å². The van der Waals surface area contributed by atoms with Crippen molar-refractivity contribution in [1.29, 1.82) is 0 Å². The third-order valence-electron chi connectivity index (χ3n) is 2.53. The smallest absolute Gasteiger partial charge is 0.424 e. The summed E-state index contributed by atoms with van der Waals surface area (Å²) in [5.74, 6) is 0. The van der Waals surface area contributed by atoms with Gasteiger partial charge in [-0.05, 0) is 53.7 Å². The van der Waals surface area contributed by atoms with Gasteiger partial charge in [-0.3, -0.25) is 10.1 Å². The molecule has 0 bridgehead atoms. The van der Waals surface area contributed by atoms with Gasteiger partial charge in [0.2, 0.25) is 0 Å². The van der Waals surface area contributed by atoms with Crippen molar-refractivity contribution in [2.75, 3.05) is 4.90 Å². The Labute approximate surface area is 150 Å². The zero-order chi connectivity index (χ0) is 19.6. The molecule has 0 radical (unpaired) electrons. The van der Waals surface area contributed by atoms with E-state index < -0.39 is 34.0 Å². The lowest BCUT2D eigenvalue weighted by Gasteiger charge is -2.28. The molecule has 9 heteroatoms. The first-order valence-corrected chi connectivity index (χ1v) is 7.79. The van der Waals surface area contributed by atoms with E-state index in [1.807, 2.05) is 0 Å². The van der Waals surface area contributed by atoms with Gasteiger partial charge in [0.15, 0.2) is 0 Å². The highest BCUT2D eigenvalue weighted by Crippen LogP contribution is 2.33. The van der Waals surface area contributed by atoms with Gasteiger partial charge in [-0.2, -0.15) is 4.90 Å². The number of amides is 2. The van der Waals surface area contributed by atoms with Crippen LogP contribution >= 0.6 is 11.6 Å². The number of imide groups is 1. The van der Waals surface area contributed by atoms with Gasteiger partial charge in [0, 0.05) is 11.1 Å². The fourth-order valence-corrected chi connectivity index (χ4v) is 1.88. The summed E-state index contributed by atoms with van der Waals surface area (Å²) in [6.45, 7) is 9.61. The number of nitrogens with zero attached hydrogens (tertiary/aromatic N) is 2. The summed E-state index contributed by atoms with van der Waals surface area (Å²) in [6, 6.07) is 3.51. The summed E-state index contributed by atoms with van der Waals surface area (Å²) in [5, 5.41) is 11.4. The van der Waals surface area contributed by atoms with E-state index in [2.05, 4.69) is 0 Å². The van der Waals surface area contributed by atoms with E-state index in [4.69, 9.17) is 21.1 Å². The van der Waals surface area contributed by atoms with Crippen molar-refractivity contribution in [3.8, 4) is 0 Å². The lowest BCUT2D eigenvalue weighted by atomic mass is 10.2. The highest BCUT2D eigenvalue weighted by atomic mass is 35.5. The summed E-state index contributed by atoms with van der Waals surface area (Å²) in [4.78, 5) is 36.0. The third kappa shape index (κ3) is 6.22. The molecule has 0 unspecified atom stereocenters. The van der Waals surface area contributed by atoms with Crippen molar-refractivity contribution in [3.63, 3.8) is 0 Å². The van der Waals surface area contributed by atoms with Crippen molar-refractivity contribution in [2.45, 2.75) is 52.7 Å². The molecule has 0 spiro atoms. The second-order valence-corrected chi connectivity index (χ2v) is 7.62. The SMILES string of the molecule is CC(C)(C)OC(=O)N(C(=O)OC(C)(C)C)c1cc(Cl)ccc1[N+](=O)[O-]. The molecule has 25 heavy (non-hydrogen) atoms. The standard InChI is InChI=1S/C16H21ClN2O6/c1-15(2,3)24-13(20)18(14(21)25-16(4,5)6)12-9-10(17)7-8-11(12)19(22)23/h7-9H,1-6H3. The molecule has 0 aliphatic rings. The lowest BCUT2D eigenvalue weighted by molar-refractivity contribution is -0.384. The zero-order valence-electron chi connectivity index (χ0n) is 15.0. The van der Waals surface area contributed by atoms with Crippen molar-refractivity contribution in [2.24, 2.45) is 0 Å². The summed E-state index contributed by atoms with van der Waals surface area (Å²) >= 11 is 5.89. The molecule has 0 saturated carbocycles. The van der Waals surface area contributed by atoms with Crippen LogP contribution < -0.4 is 4.90 Å². The number of hydrogen-bond acceptors (Lipinski definition) is 6. The van der Waals surface area contributed by atoms with Gasteiger partial charge >= 0.3 is 12.2 Å². The molecule has 1 rings (SSSR count). The second kappa shape index (κ2) is 7.26. The topological polar surface area (TPSA) is 99.0 Å². The minimum Gasteiger partial charge on any atom is -0.443 e. The summed E-state index contributed by atoms with van der Waals surface area (Å²) in [6.07, 6.45) is -2.21. The van der Waals surface area contributed by atoms with E-state index in [1.165, 1.54) is 6.07 Å². The molecule has 1 aromatic carbocycles. The highest BCUT2D eigenvalue weighted by Gasteiger charge is 2.36. The molecular formula is C16H21ClN2O6. The predicted molar refractivity (Wildman–Crippen MR) is 93.1 cm³/mol. The van der Waals surface area contributed by atoms with Crippen LogP contribution in [0.5, 0.6) is 0 Å². The Kier molecular flexibility index (Phi) is 6.01. The molecule has 1 aromatic rings. The molecular weight excluding hydrogens is 352 g/mol. The van der Waals surface area contributed by atoms with E-state index >= 15 is 0 Å². The van der Waals surface area contributed by atoms with Gasteiger partial charge in [0.25, 0.3) is 5.69 Å². The third-order valence-corrected chi connectivity index (χ3v) is 2.76. The largest absolute Gasteiger partial charge is 0.443 e. The van der Waals surface area contributed by atoms with Crippen LogP contribution in [0.15, 0.2) is 18.2 Å². The van der Waals surface area contributed by atoms with Gasteiger partial charge in [0.05, 0.1) is 4.92 Å². The van der Waals surface area contributed by atoms with Crippen LogP contribution in [0.4, 0.5) is 21.0 Å². The number of nitro benzene ring substituents is 1. The Morgan fingerprint density at radius 1 is 1.04 bits per heavy atom. The van der Waals surface area contributed by atoms with Crippen LogP contribution in [0.1, 0.15) is 41.5 Å². The average Bonchev–Trinajstić information content (AvgIpc) is 2.33. The number of benzene rings is 1. The summed E-state index contributed by atoms with van der Waals surface area (Å²) in [5.41, 5.74) is -2.67. The summed E-state index contributed by atoms with van der Waals surface area (Å²) in [7, 11) is 0. The van der Waals surface area contributed by atoms with Crippen LogP contribution in [-0.2, 0) is 9.47 Å². The van der Waals surface area contributed by atoms with Gasteiger partial charge in [0.1, 0.15) is 16.9 Å². The highest BCUT2D eigenvalue weighted by molar-refractivity contribution is 6.31. The summed E-state index contributed by atoms with van der Waals surface area (Å²) < 4.78 is 10.4. The number of halogens is 1. The van der Waals surface area contributed by atoms with E-state index in [9.17, 15) is 19.7 Å². The molecule has 0 aromatic heterocycles. The first-order chi connectivity index (χ1) is 11.2. The van der Waals surface area contributed by atoms with Crippen molar-refractivity contribution < 1.29 is 24.0 Å². The minimum atomic E-state index is -1.10. The minimum absolute atomic E-state index is 0.109. The first-order valence-electron chi connectivity index (χ1n) is 7.41. The molecule has 0 saturated heterocycles. The molecule has 8 nitrogen and oxygen atoms in total. The van der Waals surface area contributed by atoms with Gasteiger partial charge in [-0.15, -0.1) is 0 Å². The number of hydrogen-bond donors (Lipinski definition) is 0. The number of carbonyl (C=O) groups is 2. The number of anilines is 1. The Bertz CT molecular complexity index is 663. The average molecular weight is 373 g/mol. The zero-order valence-corrected chi connectivity index (χ0v) is 15.7. The van der Waals surface area contributed by atoms with Crippen molar-refractivity contribution in [1.82, 2.24) is 0 Å². The first kappa shape index (κ1) is 20.7. The fraction of sp³-hybridized carbons (Fsp3) is 0.500. The Hall–Kier alpha value is -2.35. The number of rotatable bonds is 2. The lowest BCUT2D eigenvalue weighted by Crippen LogP contribution is -2.44. The number of carbonyl (C=O) groups excluding carboxylic acids is 2. The maximum atomic E-state index is 12.5. The van der Waals surface area contributed by atoms with Crippen molar-refractivity contribution >= 4 is 35.2 Å². The second-order valence-electron chi connectivity index (χ2n) is 7.19. The number of ether oxygens (including phenoxy) is 2. The maximum Gasteiger partial charge on any atom is 0.424 e. The molecule has 0 N–H and O–H groups in total. The van der Waals surface area contributed by atoms with Crippen LogP contribution in [0, 0.1) is 10.1 Å². The monoisotopic (exact) mass is 372 g/mol. The fourth-order valence-electron chi connectivity index (χ4n) is 1.72. The van der Waals surface area contributed by atoms with E-state index in [-0.39, 0.29) is 10.7 Å². The van der Waals surface area contributed by atoms with Crippen molar-refractivity contribution in [3.05, 3.63) is 33.3 Å². The molecule has 0 atom stereocenters. The number of nitro groups is 1. The predicted octanol–water partition coefficient (Wildman–Crippen LogP) is 4.92. The molecule has 0 aliphatic heterocycles. The molecule has 0 heterocycles. The normalized spacial score (nSPS) is 11.6. The van der Waals surface area contributed by atoms with E-state index in [1.54, 1.807) is 41.5 Å². The molecule has 0 fully saturated rings. The van der Waals surface area contributed by atoms with Gasteiger partial charge < -0.3 is 9.47 Å². The Morgan fingerprint density at radius 3 is 1.84 bits per heavy atom. The van der Waals surface area contributed by atoms with Gasteiger partial charge in [-0.25, -0.2) is 9.59 Å². The van der Waals surface area contributed by atoms with Crippen LogP contribution in [-0.4, -0.2) is 28.3 Å². The Balaban J connectivity index is 3.46. The quantitative estimate of drug-likeness (QED) is 0.539. The maximum absolute atomic E-state index is 12.5. The van der Waals surface area contributed by atoms with Gasteiger partial charge in [-0.1, -0.05) is 11.6 Å².